The van der Waals surface area contributed by atoms with Gasteiger partial charge in [0.15, 0.2) is 0 Å². The van der Waals surface area contributed by atoms with E-state index in [9.17, 15) is 0 Å². The predicted molar refractivity (Wildman–Crippen MR) is 71.7 cm³/mol. The van der Waals surface area contributed by atoms with Crippen LogP contribution in [-0.2, 0) is 5.41 Å². The Balaban J connectivity index is 2.77. The maximum absolute atomic E-state index is 3.43. The molecule has 0 aliphatic rings. The van der Waals surface area contributed by atoms with Crippen LogP contribution < -0.4 is 0 Å². The number of unbranched alkanes of at least 4 members (excludes halogenated alkanes) is 2. The van der Waals surface area contributed by atoms with Crippen molar-refractivity contribution in [2.75, 3.05) is 0 Å². The van der Waals surface area contributed by atoms with Gasteiger partial charge in [0.1, 0.15) is 0 Å². The van der Waals surface area contributed by atoms with Crippen molar-refractivity contribution in [3.8, 4) is 0 Å². The molecule has 0 nitrogen and oxygen atoms in total. The van der Waals surface area contributed by atoms with Crippen molar-refractivity contribution >= 4 is 0 Å². The third kappa shape index (κ3) is 3.66. The van der Waals surface area contributed by atoms with Gasteiger partial charge in [-0.05, 0) is 29.9 Å². The summed E-state index contributed by atoms with van der Waals surface area (Å²) in [5.41, 5.74) is 1.74. The topological polar surface area (TPSA) is 0 Å². The first-order valence-corrected chi connectivity index (χ1v) is 6.70. The second-order valence-corrected chi connectivity index (χ2v) is 5.04. The zero-order valence-electron chi connectivity index (χ0n) is 11.1. The smallest absolute Gasteiger partial charge is 0.00691 e. The van der Waals surface area contributed by atoms with Crippen LogP contribution in [0.4, 0.5) is 0 Å². The zero-order valence-corrected chi connectivity index (χ0v) is 11.1. The Morgan fingerprint density at radius 1 is 1.06 bits per heavy atom. The third-order valence-corrected chi connectivity index (χ3v) is 3.52. The fraction of sp³-hybridized carbons (Fsp3) is 0.625. The van der Waals surface area contributed by atoms with Crippen molar-refractivity contribution in [2.45, 2.75) is 64.7 Å². The van der Waals surface area contributed by atoms with Crippen molar-refractivity contribution in [1.82, 2.24) is 0 Å². The Bertz CT molecular complexity index is 265. The standard InChI is InChI=1S/C16H25/c1-4-6-13-16(3,14-7-5-2)15-11-9-8-10-12-15/h8-11H,4-7,13-14H2,1-3H3. The van der Waals surface area contributed by atoms with Crippen LogP contribution in [0.1, 0.15) is 64.9 Å². The monoisotopic (exact) mass is 217 g/mol. The van der Waals surface area contributed by atoms with E-state index in [0.717, 1.165) is 0 Å². The molecular formula is C16H25. The van der Waals surface area contributed by atoms with Gasteiger partial charge in [-0.1, -0.05) is 70.7 Å². The summed E-state index contributed by atoms with van der Waals surface area (Å²) in [5.74, 6) is 0. The molecule has 0 saturated heterocycles. The minimum atomic E-state index is 0.341. The molecule has 0 heteroatoms. The fourth-order valence-electron chi connectivity index (χ4n) is 2.30. The molecule has 0 spiro atoms. The lowest BCUT2D eigenvalue weighted by Gasteiger charge is -2.30. The van der Waals surface area contributed by atoms with Gasteiger partial charge in [-0.2, -0.15) is 0 Å². The Morgan fingerprint density at radius 2 is 1.69 bits per heavy atom. The van der Waals surface area contributed by atoms with Gasteiger partial charge >= 0.3 is 0 Å². The summed E-state index contributed by atoms with van der Waals surface area (Å²) in [5, 5.41) is 0. The van der Waals surface area contributed by atoms with Crippen LogP contribution in [0.3, 0.4) is 0 Å². The van der Waals surface area contributed by atoms with Crippen molar-refractivity contribution in [1.29, 1.82) is 0 Å². The lowest BCUT2D eigenvalue weighted by atomic mass is 9.74. The summed E-state index contributed by atoms with van der Waals surface area (Å²) in [6.07, 6.45) is 7.81. The van der Waals surface area contributed by atoms with Crippen molar-refractivity contribution in [2.24, 2.45) is 0 Å². The summed E-state index contributed by atoms with van der Waals surface area (Å²) in [7, 11) is 0. The Kier molecular flexibility index (Phi) is 5.59. The van der Waals surface area contributed by atoms with Crippen LogP contribution >= 0.6 is 0 Å². The second kappa shape index (κ2) is 6.73. The zero-order chi connectivity index (χ0) is 11.9. The normalized spacial score (nSPS) is 11.7. The van der Waals surface area contributed by atoms with Crippen molar-refractivity contribution < 1.29 is 0 Å². The van der Waals surface area contributed by atoms with Gasteiger partial charge in [0.05, 0.1) is 0 Å². The first kappa shape index (κ1) is 13.3. The molecule has 0 amide bonds. The highest BCUT2D eigenvalue weighted by atomic mass is 14.3. The molecule has 0 bridgehead atoms. The van der Waals surface area contributed by atoms with Crippen LogP contribution in [0.25, 0.3) is 0 Å². The van der Waals surface area contributed by atoms with Crippen molar-refractivity contribution in [3.05, 3.63) is 35.9 Å². The molecule has 0 unspecified atom stereocenters. The fourth-order valence-corrected chi connectivity index (χ4v) is 2.30. The third-order valence-electron chi connectivity index (χ3n) is 3.52. The lowest BCUT2D eigenvalue weighted by Crippen LogP contribution is -2.22. The average molecular weight is 217 g/mol. The largest absolute Gasteiger partial charge is 0.0654 e. The summed E-state index contributed by atoms with van der Waals surface area (Å²) in [4.78, 5) is 0. The molecule has 1 radical (unpaired) electrons. The van der Waals surface area contributed by atoms with Gasteiger partial charge in [-0.15, -0.1) is 0 Å². The average Bonchev–Trinajstić information content (AvgIpc) is 2.35. The van der Waals surface area contributed by atoms with Gasteiger partial charge in [0.25, 0.3) is 0 Å². The van der Waals surface area contributed by atoms with E-state index >= 15 is 0 Å². The van der Waals surface area contributed by atoms with Crippen LogP contribution in [-0.4, -0.2) is 0 Å². The first-order chi connectivity index (χ1) is 7.73. The van der Waals surface area contributed by atoms with Gasteiger partial charge in [0.2, 0.25) is 0 Å². The summed E-state index contributed by atoms with van der Waals surface area (Å²) in [6.45, 7) is 6.95. The van der Waals surface area contributed by atoms with E-state index in [2.05, 4.69) is 45.0 Å². The van der Waals surface area contributed by atoms with Gasteiger partial charge in [-0.25, -0.2) is 0 Å². The van der Waals surface area contributed by atoms with Crippen LogP contribution in [0.15, 0.2) is 24.3 Å². The molecule has 0 aromatic heterocycles. The summed E-state index contributed by atoms with van der Waals surface area (Å²) < 4.78 is 0. The van der Waals surface area contributed by atoms with Gasteiger partial charge in [-0.3, -0.25) is 0 Å². The van der Waals surface area contributed by atoms with Gasteiger partial charge < -0.3 is 0 Å². The van der Waals surface area contributed by atoms with Crippen LogP contribution in [0, 0.1) is 6.07 Å². The van der Waals surface area contributed by atoms with Crippen LogP contribution in [0.5, 0.6) is 0 Å². The molecule has 1 aromatic carbocycles. The summed E-state index contributed by atoms with van der Waals surface area (Å²) in [6, 6.07) is 11.9. The molecule has 16 heavy (non-hydrogen) atoms. The molecule has 0 heterocycles. The Morgan fingerprint density at radius 3 is 2.12 bits per heavy atom. The molecule has 0 aliphatic carbocycles. The molecule has 0 fully saturated rings. The van der Waals surface area contributed by atoms with E-state index in [0.29, 0.717) is 5.41 Å². The second-order valence-electron chi connectivity index (χ2n) is 5.04. The molecule has 1 rings (SSSR count). The van der Waals surface area contributed by atoms with Crippen LogP contribution in [0.2, 0.25) is 0 Å². The maximum Gasteiger partial charge on any atom is -0.00691 e. The molecule has 0 aliphatic heterocycles. The highest BCUT2D eigenvalue weighted by molar-refractivity contribution is 5.22. The number of benzene rings is 1. The number of hydrogen-bond donors (Lipinski definition) is 0. The highest BCUT2D eigenvalue weighted by Gasteiger charge is 2.24. The molecule has 1 aromatic rings. The molecule has 0 atom stereocenters. The van der Waals surface area contributed by atoms with E-state index < -0.39 is 0 Å². The van der Waals surface area contributed by atoms with E-state index in [4.69, 9.17) is 0 Å². The Labute approximate surface area is 101 Å². The number of hydrogen-bond acceptors (Lipinski definition) is 0. The Hall–Kier alpha value is -0.780. The molecule has 0 N–H and O–H groups in total. The summed E-state index contributed by atoms with van der Waals surface area (Å²) >= 11 is 0. The first-order valence-electron chi connectivity index (χ1n) is 6.70. The highest BCUT2D eigenvalue weighted by Crippen LogP contribution is 2.34. The van der Waals surface area contributed by atoms with E-state index in [-0.39, 0.29) is 0 Å². The van der Waals surface area contributed by atoms with Gasteiger partial charge in [0, 0.05) is 0 Å². The molecule has 89 valence electrons. The van der Waals surface area contributed by atoms with E-state index in [1.54, 1.807) is 0 Å². The lowest BCUT2D eigenvalue weighted by molar-refractivity contribution is 0.374. The maximum atomic E-state index is 3.43. The van der Waals surface area contributed by atoms with Crippen molar-refractivity contribution in [3.63, 3.8) is 0 Å². The molecular weight excluding hydrogens is 192 g/mol. The quantitative estimate of drug-likeness (QED) is 0.594. The minimum Gasteiger partial charge on any atom is -0.0654 e. The van der Waals surface area contributed by atoms with E-state index in [1.165, 1.54) is 44.1 Å². The minimum absolute atomic E-state index is 0.341. The SMILES string of the molecule is CCCCC(C)(CCCC)c1[c]cccc1. The number of rotatable bonds is 7. The van der Waals surface area contributed by atoms with E-state index in [1.807, 2.05) is 6.07 Å². The molecule has 0 saturated carbocycles. The predicted octanol–water partition coefficient (Wildman–Crippen LogP) is 5.12.